The fraction of sp³-hybridized carbons (Fsp3) is 0.300. The number of hydrogen-bond donors (Lipinski definition) is 1. The van der Waals surface area contributed by atoms with Gasteiger partial charge in [-0.25, -0.2) is 4.79 Å². The van der Waals surface area contributed by atoms with Crippen LogP contribution in [-0.2, 0) is 6.42 Å². The van der Waals surface area contributed by atoms with Gasteiger partial charge in [0, 0.05) is 10.9 Å². The van der Waals surface area contributed by atoms with E-state index >= 15 is 0 Å². The lowest BCUT2D eigenvalue weighted by molar-refractivity contribution is 0.0691. The van der Waals surface area contributed by atoms with Crippen LogP contribution >= 0.6 is 15.9 Å². The minimum atomic E-state index is -0.948. The smallest absolute Gasteiger partial charge is 0.339 e. The molecule has 0 saturated heterocycles. The van der Waals surface area contributed by atoms with Crippen LogP contribution in [0.1, 0.15) is 22.8 Å². The number of aromatic carboxylic acids is 1. The Bertz CT molecular complexity index is 401. The van der Waals surface area contributed by atoms with Crippen LogP contribution < -0.4 is 4.74 Å². The highest BCUT2D eigenvalue weighted by atomic mass is 79.9. The third kappa shape index (κ3) is 1.50. The molecule has 1 aliphatic heterocycles. The Morgan fingerprint density at radius 2 is 2.36 bits per heavy atom. The van der Waals surface area contributed by atoms with E-state index in [-0.39, 0.29) is 11.7 Å². The summed E-state index contributed by atoms with van der Waals surface area (Å²) in [4.78, 5) is 10.9. The van der Waals surface area contributed by atoms with Crippen molar-refractivity contribution in [1.29, 1.82) is 0 Å². The van der Waals surface area contributed by atoms with Crippen molar-refractivity contribution >= 4 is 21.9 Å². The summed E-state index contributed by atoms with van der Waals surface area (Å²) in [7, 11) is 0. The van der Waals surface area contributed by atoms with E-state index in [9.17, 15) is 4.79 Å². The highest BCUT2D eigenvalue weighted by Gasteiger charge is 2.25. The van der Waals surface area contributed by atoms with Gasteiger partial charge in [0.25, 0.3) is 0 Å². The van der Waals surface area contributed by atoms with E-state index in [1.54, 1.807) is 6.07 Å². The van der Waals surface area contributed by atoms with Crippen LogP contribution in [0.5, 0.6) is 5.75 Å². The topological polar surface area (TPSA) is 46.5 Å². The van der Waals surface area contributed by atoms with E-state index < -0.39 is 5.97 Å². The summed E-state index contributed by atoms with van der Waals surface area (Å²) in [5, 5.41) is 8.96. The number of halogens is 1. The molecule has 0 radical (unpaired) electrons. The lowest BCUT2D eigenvalue weighted by Gasteiger charge is -2.06. The Kier molecular flexibility index (Phi) is 2.23. The fourth-order valence-corrected chi connectivity index (χ4v) is 2.16. The van der Waals surface area contributed by atoms with Gasteiger partial charge in [-0.1, -0.05) is 15.9 Å². The predicted molar refractivity (Wildman–Crippen MR) is 54.9 cm³/mol. The number of ether oxygens (including phenoxy) is 1. The van der Waals surface area contributed by atoms with Crippen molar-refractivity contribution in [1.82, 2.24) is 0 Å². The minimum absolute atomic E-state index is 0.0670. The maximum absolute atomic E-state index is 10.9. The summed E-state index contributed by atoms with van der Waals surface area (Å²) < 4.78 is 6.24. The van der Waals surface area contributed by atoms with E-state index in [1.807, 2.05) is 13.0 Å². The Labute approximate surface area is 89.8 Å². The fourth-order valence-electron chi connectivity index (χ4n) is 1.65. The summed E-state index contributed by atoms with van der Waals surface area (Å²) in [6, 6.07) is 3.48. The van der Waals surface area contributed by atoms with E-state index in [0.717, 1.165) is 16.5 Å². The largest absolute Gasteiger partial charge is 0.489 e. The number of benzene rings is 1. The number of carboxylic acids is 1. The molecule has 0 fully saturated rings. The molecule has 1 aromatic carbocycles. The summed E-state index contributed by atoms with van der Waals surface area (Å²) >= 11 is 3.29. The second-order valence-electron chi connectivity index (χ2n) is 3.38. The molecule has 0 spiro atoms. The van der Waals surface area contributed by atoms with Crippen LogP contribution in [0.25, 0.3) is 0 Å². The van der Waals surface area contributed by atoms with Crippen molar-refractivity contribution in [2.75, 3.05) is 0 Å². The molecular weight excluding hydrogens is 248 g/mol. The normalized spacial score (nSPS) is 18.9. The summed E-state index contributed by atoms with van der Waals surface area (Å²) in [6.07, 6.45) is 0.840. The number of rotatable bonds is 1. The van der Waals surface area contributed by atoms with Crippen molar-refractivity contribution in [3.8, 4) is 5.75 Å². The molecule has 0 unspecified atom stereocenters. The van der Waals surface area contributed by atoms with Crippen molar-refractivity contribution in [3.63, 3.8) is 0 Å². The molecule has 0 amide bonds. The molecule has 0 aliphatic carbocycles. The molecule has 1 aliphatic rings. The van der Waals surface area contributed by atoms with Crippen LogP contribution in [0.2, 0.25) is 0 Å². The maximum atomic E-state index is 10.9. The second-order valence-corrected chi connectivity index (χ2v) is 4.30. The lowest BCUT2D eigenvalue weighted by Crippen LogP contribution is -2.07. The second kappa shape index (κ2) is 3.28. The molecule has 1 N–H and O–H groups in total. The molecule has 4 heteroatoms. The Hall–Kier alpha value is -1.03. The average Bonchev–Trinajstić information content (AvgIpc) is 2.42. The molecule has 0 bridgehead atoms. The van der Waals surface area contributed by atoms with Crippen molar-refractivity contribution in [2.24, 2.45) is 0 Å². The Morgan fingerprint density at radius 1 is 1.64 bits per heavy atom. The van der Waals surface area contributed by atoms with Gasteiger partial charge in [-0.15, -0.1) is 0 Å². The van der Waals surface area contributed by atoms with Crippen molar-refractivity contribution < 1.29 is 14.6 Å². The summed E-state index contributed by atoms with van der Waals surface area (Å²) in [5.74, 6) is -0.426. The number of carbonyl (C=O) groups is 1. The van der Waals surface area contributed by atoms with E-state index in [2.05, 4.69) is 15.9 Å². The van der Waals surface area contributed by atoms with Gasteiger partial charge in [0.15, 0.2) is 0 Å². The zero-order valence-electron chi connectivity index (χ0n) is 7.58. The van der Waals surface area contributed by atoms with Crippen LogP contribution in [0.3, 0.4) is 0 Å². The van der Waals surface area contributed by atoms with E-state index in [1.165, 1.54) is 0 Å². The van der Waals surface area contributed by atoms with Gasteiger partial charge in [-0.2, -0.15) is 0 Å². The average molecular weight is 257 g/mol. The molecule has 2 rings (SSSR count). The molecule has 0 aromatic heterocycles. The zero-order chi connectivity index (χ0) is 10.3. The third-order valence-electron chi connectivity index (χ3n) is 2.19. The van der Waals surface area contributed by atoms with Gasteiger partial charge in [0.05, 0.1) is 0 Å². The molecule has 1 aromatic rings. The first-order valence-corrected chi connectivity index (χ1v) is 5.09. The maximum Gasteiger partial charge on any atom is 0.339 e. The SMILES string of the molecule is C[C@H]1Cc2cc(Br)cc(C(=O)O)c2O1. The zero-order valence-corrected chi connectivity index (χ0v) is 9.17. The van der Waals surface area contributed by atoms with Crippen molar-refractivity contribution in [2.45, 2.75) is 19.4 Å². The lowest BCUT2D eigenvalue weighted by atomic mass is 10.1. The number of hydrogen-bond acceptors (Lipinski definition) is 2. The molecule has 1 heterocycles. The van der Waals surface area contributed by atoms with Crippen LogP contribution in [0.15, 0.2) is 16.6 Å². The van der Waals surface area contributed by atoms with Crippen LogP contribution in [0, 0.1) is 0 Å². The highest BCUT2D eigenvalue weighted by molar-refractivity contribution is 9.10. The van der Waals surface area contributed by atoms with Crippen molar-refractivity contribution in [3.05, 3.63) is 27.7 Å². The van der Waals surface area contributed by atoms with E-state index in [4.69, 9.17) is 9.84 Å². The first-order chi connectivity index (χ1) is 6.58. The highest BCUT2D eigenvalue weighted by Crippen LogP contribution is 2.35. The van der Waals surface area contributed by atoms with Gasteiger partial charge < -0.3 is 9.84 Å². The molecule has 1 atom stereocenters. The minimum Gasteiger partial charge on any atom is -0.489 e. The number of carboxylic acid groups (broad SMARTS) is 1. The Balaban J connectivity index is 2.57. The van der Waals surface area contributed by atoms with Gasteiger partial charge >= 0.3 is 5.97 Å². The first-order valence-electron chi connectivity index (χ1n) is 4.30. The molecule has 14 heavy (non-hydrogen) atoms. The molecular formula is C10H9BrO3. The molecule has 0 saturated carbocycles. The van der Waals surface area contributed by atoms with Gasteiger partial charge in [0.2, 0.25) is 0 Å². The molecule has 3 nitrogen and oxygen atoms in total. The summed E-state index contributed by atoms with van der Waals surface area (Å²) in [6.45, 7) is 1.93. The summed E-state index contributed by atoms with van der Waals surface area (Å²) in [5.41, 5.74) is 1.20. The molecule has 74 valence electrons. The van der Waals surface area contributed by atoms with Crippen LogP contribution in [0.4, 0.5) is 0 Å². The first kappa shape index (κ1) is 9.52. The quantitative estimate of drug-likeness (QED) is 0.840. The van der Waals surface area contributed by atoms with Crippen LogP contribution in [-0.4, -0.2) is 17.2 Å². The predicted octanol–water partition coefficient (Wildman–Crippen LogP) is 2.47. The standard InChI is InChI=1S/C10H9BrO3/c1-5-2-6-3-7(11)4-8(10(12)13)9(6)14-5/h3-5H,2H2,1H3,(H,12,13)/t5-/m0/s1. The third-order valence-corrected chi connectivity index (χ3v) is 2.65. The van der Waals surface area contributed by atoms with Gasteiger partial charge in [-0.05, 0) is 24.6 Å². The van der Waals surface area contributed by atoms with Gasteiger partial charge in [-0.3, -0.25) is 0 Å². The monoisotopic (exact) mass is 256 g/mol. The Morgan fingerprint density at radius 3 is 3.00 bits per heavy atom. The number of fused-ring (bicyclic) bond motifs is 1. The van der Waals surface area contributed by atoms with Gasteiger partial charge in [0.1, 0.15) is 17.4 Å². The van der Waals surface area contributed by atoms with E-state index in [0.29, 0.717) is 5.75 Å².